The largest absolute Gasteiger partial charge is 0.279 e. The van der Waals surface area contributed by atoms with Crippen molar-refractivity contribution in [1.29, 1.82) is 0 Å². The van der Waals surface area contributed by atoms with Gasteiger partial charge >= 0.3 is 0 Å². The van der Waals surface area contributed by atoms with Crippen molar-refractivity contribution in [3.63, 3.8) is 0 Å². The van der Waals surface area contributed by atoms with E-state index in [0.717, 1.165) is 18.1 Å². The number of sulfonamides is 1. The molecule has 0 heterocycles. The SMILES string of the molecule is CC[C@@H](C)c1ccccc1NS(=O)(=O)c1cccc(F)c1. The molecule has 0 aliphatic rings. The summed E-state index contributed by atoms with van der Waals surface area (Å²) in [6.45, 7) is 4.08. The second kappa shape index (κ2) is 6.26. The van der Waals surface area contributed by atoms with Crippen molar-refractivity contribution in [2.24, 2.45) is 0 Å². The third-order valence-corrected chi connectivity index (χ3v) is 4.82. The highest BCUT2D eigenvalue weighted by Crippen LogP contribution is 2.28. The molecule has 5 heteroatoms. The number of hydrogen-bond acceptors (Lipinski definition) is 2. The second-order valence-corrected chi connectivity index (χ2v) is 6.64. The van der Waals surface area contributed by atoms with E-state index in [1.165, 1.54) is 18.2 Å². The molecule has 2 aromatic carbocycles. The molecule has 21 heavy (non-hydrogen) atoms. The van der Waals surface area contributed by atoms with Gasteiger partial charge in [0.2, 0.25) is 0 Å². The van der Waals surface area contributed by atoms with E-state index in [2.05, 4.69) is 4.72 Å². The molecule has 0 fully saturated rings. The van der Waals surface area contributed by atoms with Crippen LogP contribution in [0.15, 0.2) is 53.4 Å². The number of nitrogens with one attached hydrogen (secondary N) is 1. The first-order valence-electron chi connectivity index (χ1n) is 6.81. The van der Waals surface area contributed by atoms with Crippen LogP contribution in [0.4, 0.5) is 10.1 Å². The molecule has 0 saturated heterocycles. The number of rotatable bonds is 5. The summed E-state index contributed by atoms with van der Waals surface area (Å²) in [5.74, 6) is -0.343. The fourth-order valence-corrected chi connectivity index (χ4v) is 3.20. The Hall–Kier alpha value is -1.88. The van der Waals surface area contributed by atoms with Crippen LogP contribution in [0.3, 0.4) is 0 Å². The lowest BCUT2D eigenvalue weighted by molar-refractivity contribution is 0.595. The molecule has 0 aromatic heterocycles. The summed E-state index contributed by atoms with van der Waals surface area (Å²) in [6.07, 6.45) is 0.901. The van der Waals surface area contributed by atoms with Gasteiger partial charge in [0.1, 0.15) is 5.82 Å². The molecule has 1 atom stereocenters. The Kier molecular flexibility index (Phi) is 4.63. The molecule has 2 aromatic rings. The van der Waals surface area contributed by atoms with Crippen molar-refractivity contribution < 1.29 is 12.8 Å². The van der Waals surface area contributed by atoms with Crippen molar-refractivity contribution in [3.8, 4) is 0 Å². The molecule has 2 rings (SSSR count). The molecule has 112 valence electrons. The molecule has 0 aliphatic heterocycles. The Bertz CT molecular complexity index is 729. The molecule has 3 nitrogen and oxygen atoms in total. The van der Waals surface area contributed by atoms with Crippen molar-refractivity contribution in [2.75, 3.05) is 4.72 Å². The number of halogens is 1. The lowest BCUT2D eigenvalue weighted by Crippen LogP contribution is -2.15. The lowest BCUT2D eigenvalue weighted by atomic mass is 9.97. The van der Waals surface area contributed by atoms with Crippen LogP contribution in [0.1, 0.15) is 31.7 Å². The number of anilines is 1. The van der Waals surface area contributed by atoms with Crippen LogP contribution in [-0.4, -0.2) is 8.42 Å². The third-order valence-electron chi connectivity index (χ3n) is 3.45. The Morgan fingerprint density at radius 3 is 2.52 bits per heavy atom. The van der Waals surface area contributed by atoms with Gasteiger partial charge in [-0.05, 0) is 42.2 Å². The maximum atomic E-state index is 13.2. The van der Waals surface area contributed by atoms with E-state index >= 15 is 0 Å². The molecular weight excluding hydrogens is 289 g/mol. The number of benzene rings is 2. The van der Waals surface area contributed by atoms with Crippen LogP contribution >= 0.6 is 0 Å². The predicted octanol–water partition coefficient (Wildman–Crippen LogP) is 4.14. The highest BCUT2D eigenvalue weighted by molar-refractivity contribution is 7.92. The topological polar surface area (TPSA) is 46.2 Å². The van der Waals surface area contributed by atoms with Crippen LogP contribution in [0.2, 0.25) is 0 Å². The minimum absolute atomic E-state index is 0.0820. The zero-order valence-electron chi connectivity index (χ0n) is 12.0. The fourth-order valence-electron chi connectivity index (χ4n) is 2.08. The summed E-state index contributed by atoms with van der Waals surface area (Å²) in [5.41, 5.74) is 1.47. The average molecular weight is 307 g/mol. The maximum Gasteiger partial charge on any atom is 0.262 e. The summed E-state index contributed by atoms with van der Waals surface area (Å²) in [4.78, 5) is -0.0820. The van der Waals surface area contributed by atoms with Gasteiger partial charge in [-0.15, -0.1) is 0 Å². The monoisotopic (exact) mass is 307 g/mol. The minimum atomic E-state index is -3.79. The molecule has 0 saturated carbocycles. The highest BCUT2D eigenvalue weighted by Gasteiger charge is 2.17. The predicted molar refractivity (Wildman–Crippen MR) is 82.4 cm³/mol. The number of hydrogen-bond donors (Lipinski definition) is 1. The smallest absolute Gasteiger partial charge is 0.262 e. The van der Waals surface area contributed by atoms with Gasteiger partial charge in [-0.25, -0.2) is 12.8 Å². The van der Waals surface area contributed by atoms with Crippen LogP contribution in [0.5, 0.6) is 0 Å². The molecule has 0 amide bonds. The average Bonchev–Trinajstić information content (AvgIpc) is 2.46. The van der Waals surface area contributed by atoms with E-state index in [1.54, 1.807) is 12.1 Å². The lowest BCUT2D eigenvalue weighted by Gasteiger charge is -2.16. The summed E-state index contributed by atoms with van der Waals surface area (Å²) in [5, 5.41) is 0. The molecule has 1 N–H and O–H groups in total. The van der Waals surface area contributed by atoms with Gasteiger partial charge in [0.05, 0.1) is 10.6 Å². The maximum absolute atomic E-state index is 13.2. The summed E-state index contributed by atoms with van der Waals surface area (Å²) < 4.78 is 40.4. The fraction of sp³-hybridized carbons (Fsp3) is 0.250. The van der Waals surface area contributed by atoms with E-state index in [4.69, 9.17) is 0 Å². The van der Waals surface area contributed by atoms with Crippen molar-refractivity contribution in [1.82, 2.24) is 0 Å². The van der Waals surface area contributed by atoms with Gasteiger partial charge < -0.3 is 0 Å². The third kappa shape index (κ3) is 3.61. The Morgan fingerprint density at radius 1 is 1.14 bits per heavy atom. The number of para-hydroxylation sites is 1. The molecule has 0 bridgehead atoms. The Labute approximate surface area is 124 Å². The Balaban J connectivity index is 2.38. The minimum Gasteiger partial charge on any atom is -0.279 e. The molecule has 0 aliphatic carbocycles. The van der Waals surface area contributed by atoms with Crippen molar-refractivity contribution in [3.05, 3.63) is 59.9 Å². The Morgan fingerprint density at radius 2 is 1.86 bits per heavy atom. The molecular formula is C16H18FNO2S. The van der Waals surface area contributed by atoms with E-state index in [1.807, 2.05) is 26.0 Å². The van der Waals surface area contributed by atoms with Gasteiger partial charge in [-0.3, -0.25) is 4.72 Å². The van der Waals surface area contributed by atoms with Gasteiger partial charge in [0, 0.05) is 0 Å². The van der Waals surface area contributed by atoms with Crippen LogP contribution in [0, 0.1) is 5.82 Å². The first kappa shape index (κ1) is 15.5. The molecule has 0 radical (unpaired) electrons. The van der Waals surface area contributed by atoms with Gasteiger partial charge in [0.15, 0.2) is 0 Å². The zero-order valence-corrected chi connectivity index (χ0v) is 12.8. The van der Waals surface area contributed by atoms with E-state index in [9.17, 15) is 12.8 Å². The molecule has 0 unspecified atom stereocenters. The van der Waals surface area contributed by atoms with Crippen molar-refractivity contribution in [2.45, 2.75) is 31.1 Å². The first-order valence-corrected chi connectivity index (χ1v) is 8.29. The van der Waals surface area contributed by atoms with Crippen molar-refractivity contribution >= 4 is 15.7 Å². The van der Waals surface area contributed by atoms with Gasteiger partial charge in [-0.2, -0.15) is 0 Å². The van der Waals surface area contributed by atoms with E-state index < -0.39 is 15.8 Å². The van der Waals surface area contributed by atoms with Gasteiger partial charge in [0.25, 0.3) is 10.0 Å². The highest BCUT2D eigenvalue weighted by atomic mass is 32.2. The van der Waals surface area contributed by atoms with E-state index in [-0.39, 0.29) is 10.8 Å². The normalized spacial score (nSPS) is 12.9. The standard InChI is InChI=1S/C16H18FNO2S/c1-3-12(2)15-9-4-5-10-16(15)18-21(19,20)14-8-6-7-13(17)11-14/h4-12,18H,3H2,1-2H3/t12-/m1/s1. The first-order chi connectivity index (χ1) is 9.94. The van der Waals surface area contributed by atoms with Crippen LogP contribution in [0.25, 0.3) is 0 Å². The second-order valence-electron chi connectivity index (χ2n) is 4.96. The molecule has 0 spiro atoms. The quantitative estimate of drug-likeness (QED) is 0.902. The summed E-state index contributed by atoms with van der Waals surface area (Å²) in [6, 6.07) is 12.2. The van der Waals surface area contributed by atoms with Crippen LogP contribution in [-0.2, 0) is 10.0 Å². The zero-order chi connectivity index (χ0) is 15.5. The van der Waals surface area contributed by atoms with E-state index in [0.29, 0.717) is 5.69 Å². The van der Waals surface area contributed by atoms with Gasteiger partial charge in [-0.1, -0.05) is 38.1 Å². The summed E-state index contributed by atoms with van der Waals surface area (Å²) >= 11 is 0. The summed E-state index contributed by atoms with van der Waals surface area (Å²) in [7, 11) is -3.79. The van der Waals surface area contributed by atoms with Crippen LogP contribution < -0.4 is 4.72 Å².